The maximum Gasteiger partial charge on any atom is 0.227 e. The standard InChI is InChI=1S/C15H21NO/c1-11(2)13-9-5-6-10-14(13)16-15(17)12-7-3-4-8-12/h5-6,9-12H,3-4,7-8H2,1-2H3,(H,16,17). The van der Waals surface area contributed by atoms with Gasteiger partial charge >= 0.3 is 0 Å². The van der Waals surface area contributed by atoms with E-state index in [0.717, 1.165) is 18.5 Å². The first-order valence-electron chi connectivity index (χ1n) is 6.58. The Morgan fingerprint density at radius 2 is 1.88 bits per heavy atom. The molecule has 0 aliphatic heterocycles. The Balaban J connectivity index is 2.09. The van der Waals surface area contributed by atoms with Crippen molar-refractivity contribution >= 4 is 11.6 Å². The smallest absolute Gasteiger partial charge is 0.227 e. The van der Waals surface area contributed by atoms with Gasteiger partial charge in [0, 0.05) is 11.6 Å². The lowest BCUT2D eigenvalue weighted by Gasteiger charge is -2.15. The van der Waals surface area contributed by atoms with E-state index >= 15 is 0 Å². The molecule has 0 atom stereocenters. The van der Waals surface area contributed by atoms with Crippen molar-refractivity contribution in [1.29, 1.82) is 0 Å². The fraction of sp³-hybridized carbons (Fsp3) is 0.533. The van der Waals surface area contributed by atoms with Crippen molar-refractivity contribution in [2.45, 2.75) is 45.4 Å². The van der Waals surface area contributed by atoms with Crippen molar-refractivity contribution in [1.82, 2.24) is 0 Å². The Morgan fingerprint density at radius 1 is 1.24 bits per heavy atom. The van der Waals surface area contributed by atoms with E-state index in [9.17, 15) is 4.79 Å². The van der Waals surface area contributed by atoms with Crippen LogP contribution in [0.5, 0.6) is 0 Å². The first-order valence-corrected chi connectivity index (χ1v) is 6.58. The van der Waals surface area contributed by atoms with E-state index in [1.807, 2.05) is 18.2 Å². The first kappa shape index (κ1) is 12.2. The molecule has 2 rings (SSSR count). The highest BCUT2D eigenvalue weighted by Gasteiger charge is 2.23. The van der Waals surface area contributed by atoms with Gasteiger partial charge in [0.25, 0.3) is 0 Å². The zero-order valence-electron chi connectivity index (χ0n) is 10.7. The van der Waals surface area contributed by atoms with E-state index < -0.39 is 0 Å². The number of carbonyl (C=O) groups is 1. The fourth-order valence-corrected chi connectivity index (χ4v) is 2.54. The first-order chi connectivity index (χ1) is 8.18. The summed E-state index contributed by atoms with van der Waals surface area (Å²) in [5.41, 5.74) is 2.21. The number of carbonyl (C=O) groups excluding carboxylic acids is 1. The molecule has 1 aliphatic rings. The van der Waals surface area contributed by atoms with Crippen LogP contribution < -0.4 is 5.32 Å². The van der Waals surface area contributed by atoms with E-state index in [2.05, 4.69) is 25.2 Å². The van der Waals surface area contributed by atoms with Gasteiger partial charge in [-0.2, -0.15) is 0 Å². The summed E-state index contributed by atoms with van der Waals surface area (Å²) in [5, 5.41) is 3.09. The topological polar surface area (TPSA) is 29.1 Å². The summed E-state index contributed by atoms with van der Waals surface area (Å²) in [5.74, 6) is 0.876. The highest BCUT2D eigenvalue weighted by atomic mass is 16.1. The molecule has 0 spiro atoms. The molecule has 0 saturated heterocycles. The maximum atomic E-state index is 12.1. The van der Waals surface area contributed by atoms with Gasteiger partial charge in [0.05, 0.1) is 0 Å². The van der Waals surface area contributed by atoms with Crippen molar-refractivity contribution in [3.05, 3.63) is 29.8 Å². The minimum absolute atomic E-state index is 0.204. The van der Waals surface area contributed by atoms with Crippen LogP contribution in [-0.4, -0.2) is 5.91 Å². The quantitative estimate of drug-likeness (QED) is 0.838. The molecule has 1 aromatic rings. The highest BCUT2D eigenvalue weighted by molar-refractivity contribution is 5.93. The molecule has 2 nitrogen and oxygen atoms in total. The normalized spacial score (nSPS) is 16.4. The number of hydrogen-bond donors (Lipinski definition) is 1. The molecule has 1 fully saturated rings. The second-order valence-electron chi connectivity index (χ2n) is 5.21. The molecule has 1 aromatic carbocycles. The minimum Gasteiger partial charge on any atom is -0.326 e. The summed E-state index contributed by atoms with van der Waals surface area (Å²) in [6.45, 7) is 4.31. The molecule has 2 heteroatoms. The Hall–Kier alpha value is -1.31. The van der Waals surface area contributed by atoms with E-state index in [0.29, 0.717) is 5.92 Å². The van der Waals surface area contributed by atoms with Crippen LogP contribution in [0.25, 0.3) is 0 Å². The van der Waals surface area contributed by atoms with Crippen LogP contribution in [0.1, 0.15) is 51.0 Å². The third-order valence-corrected chi connectivity index (χ3v) is 3.57. The molecule has 1 aliphatic carbocycles. The number of benzene rings is 1. The molecular weight excluding hydrogens is 210 g/mol. The van der Waals surface area contributed by atoms with Gasteiger partial charge in [0.15, 0.2) is 0 Å². The third-order valence-electron chi connectivity index (χ3n) is 3.57. The van der Waals surface area contributed by atoms with Gasteiger partial charge in [0.1, 0.15) is 0 Å². The number of para-hydroxylation sites is 1. The Morgan fingerprint density at radius 3 is 2.53 bits per heavy atom. The monoisotopic (exact) mass is 231 g/mol. The summed E-state index contributed by atoms with van der Waals surface area (Å²) in [6.07, 6.45) is 4.50. The minimum atomic E-state index is 0.204. The summed E-state index contributed by atoms with van der Waals surface area (Å²) >= 11 is 0. The van der Waals surface area contributed by atoms with Gasteiger partial charge in [-0.1, -0.05) is 44.9 Å². The van der Waals surface area contributed by atoms with Crippen molar-refractivity contribution < 1.29 is 4.79 Å². The lowest BCUT2D eigenvalue weighted by atomic mass is 10.0. The summed E-state index contributed by atoms with van der Waals surface area (Å²) in [7, 11) is 0. The predicted molar refractivity (Wildman–Crippen MR) is 71.1 cm³/mol. The van der Waals surface area contributed by atoms with Gasteiger partial charge in [-0.15, -0.1) is 0 Å². The number of amides is 1. The number of rotatable bonds is 3. The van der Waals surface area contributed by atoms with Crippen LogP contribution in [0.2, 0.25) is 0 Å². The molecule has 1 amide bonds. The number of nitrogens with one attached hydrogen (secondary N) is 1. The highest BCUT2D eigenvalue weighted by Crippen LogP contribution is 2.28. The van der Waals surface area contributed by atoms with Crippen LogP contribution in [0, 0.1) is 5.92 Å². The lowest BCUT2D eigenvalue weighted by molar-refractivity contribution is -0.119. The SMILES string of the molecule is CC(C)c1ccccc1NC(=O)C1CCCC1. The summed E-state index contributed by atoms with van der Waals surface area (Å²) in [4.78, 5) is 12.1. The molecule has 0 bridgehead atoms. The largest absolute Gasteiger partial charge is 0.326 e. The van der Waals surface area contributed by atoms with Crippen LogP contribution in [0.4, 0.5) is 5.69 Å². The second kappa shape index (κ2) is 5.35. The molecule has 1 saturated carbocycles. The zero-order chi connectivity index (χ0) is 12.3. The van der Waals surface area contributed by atoms with Crippen molar-refractivity contribution in [2.75, 3.05) is 5.32 Å². The van der Waals surface area contributed by atoms with Crippen LogP contribution in [-0.2, 0) is 4.79 Å². The van der Waals surface area contributed by atoms with E-state index in [-0.39, 0.29) is 11.8 Å². The average molecular weight is 231 g/mol. The van der Waals surface area contributed by atoms with Gasteiger partial charge in [0.2, 0.25) is 5.91 Å². The van der Waals surface area contributed by atoms with Crippen LogP contribution in [0.3, 0.4) is 0 Å². The van der Waals surface area contributed by atoms with E-state index in [1.54, 1.807) is 0 Å². The zero-order valence-corrected chi connectivity index (χ0v) is 10.7. The van der Waals surface area contributed by atoms with E-state index in [4.69, 9.17) is 0 Å². The van der Waals surface area contributed by atoms with Crippen LogP contribution in [0.15, 0.2) is 24.3 Å². The van der Waals surface area contributed by atoms with Gasteiger partial charge in [-0.05, 0) is 30.4 Å². The van der Waals surface area contributed by atoms with Gasteiger partial charge in [-0.3, -0.25) is 4.79 Å². The molecule has 92 valence electrons. The predicted octanol–water partition coefficient (Wildman–Crippen LogP) is 3.94. The Labute approximate surface area is 103 Å². The van der Waals surface area contributed by atoms with Gasteiger partial charge < -0.3 is 5.32 Å². The van der Waals surface area contributed by atoms with E-state index in [1.165, 1.54) is 18.4 Å². The second-order valence-corrected chi connectivity index (χ2v) is 5.21. The average Bonchev–Trinajstić information content (AvgIpc) is 2.83. The molecule has 0 unspecified atom stereocenters. The molecular formula is C15H21NO. The number of hydrogen-bond acceptors (Lipinski definition) is 1. The third kappa shape index (κ3) is 2.87. The molecule has 0 aromatic heterocycles. The van der Waals surface area contributed by atoms with Crippen molar-refractivity contribution in [3.63, 3.8) is 0 Å². The Kier molecular flexibility index (Phi) is 3.82. The maximum absolute atomic E-state index is 12.1. The summed E-state index contributed by atoms with van der Waals surface area (Å²) < 4.78 is 0. The van der Waals surface area contributed by atoms with Crippen molar-refractivity contribution in [3.8, 4) is 0 Å². The molecule has 0 radical (unpaired) electrons. The fourth-order valence-electron chi connectivity index (χ4n) is 2.54. The van der Waals surface area contributed by atoms with Crippen LogP contribution >= 0.6 is 0 Å². The molecule has 1 N–H and O–H groups in total. The number of anilines is 1. The van der Waals surface area contributed by atoms with Crippen molar-refractivity contribution in [2.24, 2.45) is 5.92 Å². The lowest BCUT2D eigenvalue weighted by Crippen LogP contribution is -2.21. The Bertz CT molecular complexity index is 392. The molecule has 17 heavy (non-hydrogen) atoms. The summed E-state index contributed by atoms with van der Waals surface area (Å²) in [6, 6.07) is 8.10. The molecule has 0 heterocycles. The van der Waals surface area contributed by atoms with Gasteiger partial charge in [-0.25, -0.2) is 0 Å².